The van der Waals surface area contributed by atoms with E-state index in [-0.39, 0.29) is 23.9 Å². The van der Waals surface area contributed by atoms with Crippen molar-refractivity contribution in [1.82, 2.24) is 0 Å². The van der Waals surface area contributed by atoms with Crippen molar-refractivity contribution in [1.29, 1.82) is 0 Å². The molecule has 0 spiro atoms. The first-order valence-electron chi connectivity index (χ1n) is 6.00. The Bertz CT molecular complexity index is 505. The predicted octanol–water partition coefficient (Wildman–Crippen LogP) is 0.129. The number of fused-ring (bicyclic) bond motifs is 1. The fourth-order valence-corrected chi connectivity index (χ4v) is 2.90. The van der Waals surface area contributed by atoms with Crippen LogP contribution < -0.4 is 0 Å². The molecule has 0 aromatic rings. The zero-order valence-corrected chi connectivity index (χ0v) is 10.0. The summed E-state index contributed by atoms with van der Waals surface area (Å²) in [6.07, 6.45) is 2.62. The number of ether oxygens (including phenoxy) is 3. The summed E-state index contributed by atoms with van der Waals surface area (Å²) in [5.74, 6) is -1.67. The second-order valence-corrected chi connectivity index (χ2v) is 4.76. The summed E-state index contributed by atoms with van der Waals surface area (Å²) in [5.41, 5.74) is 0.925. The highest BCUT2D eigenvalue weighted by Gasteiger charge is 2.59. The third-order valence-electron chi connectivity index (χ3n) is 3.69. The Morgan fingerprint density at radius 1 is 1.53 bits per heavy atom. The Morgan fingerprint density at radius 2 is 2.32 bits per heavy atom. The van der Waals surface area contributed by atoms with E-state index >= 15 is 0 Å². The van der Waals surface area contributed by atoms with Gasteiger partial charge in [0.1, 0.15) is 6.10 Å². The molecule has 2 fully saturated rings. The van der Waals surface area contributed by atoms with Gasteiger partial charge in [-0.05, 0) is 12.0 Å². The molecule has 1 saturated carbocycles. The van der Waals surface area contributed by atoms with Crippen molar-refractivity contribution >= 4 is 17.9 Å². The molecule has 1 heterocycles. The minimum atomic E-state index is -0.684. The topological polar surface area (TPSA) is 78.9 Å². The van der Waals surface area contributed by atoms with E-state index < -0.39 is 24.6 Å². The molecule has 1 saturated heterocycles. The quantitative estimate of drug-likeness (QED) is 0.311. The zero-order chi connectivity index (χ0) is 13.6. The van der Waals surface area contributed by atoms with Crippen molar-refractivity contribution in [3.8, 4) is 0 Å². The standard InChI is InChI=1S/C13H12O6/c1-2-9(14)17-5-10(15)18-11-6-3-7-8(4-6)13(16)19-12(7)11/h2,4,7-8,11-12H,1,3,5H2. The van der Waals surface area contributed by atoms with Gasteiger partial charge >= 0.3 is 17.9 Å². The first-order chi connectivity index (χ1) is 9.10. The lowest BCUT2D eigenvalue weighted by Gasteiger charge is -2.20. The minimum Gasteiger partial charge on any atom is -0.457 e. The van der Waals surface area contributed by atoms with E-state index in [0.29, 0.717) is 0 Å². The smallest absolute Gasteiger partial charge is 0.345 e. The van der Waals surface area contributed by atoms with E-state index in [9.17, 15) is 14.4 Å². The van der Waals surface area contributed by atoms with Gasteiger partial charge in [0, 0.05) is 12.0 Å². The van der Waals surface area contributed by atoms with Gasteiger partial charge in [0.05, 0.1) is 5.92 Å². The van der Waals surface area contributed by atoms with Crippen LogP contribution in [0.3, 0.4) is 0 Å². The zero-order valence-electron chi connectivity index (χ0n) is 10.0. The van der Waals surface area contributed by atoms with Crippen molar-refractivity contribution in [2.24, 2.45) is 11.8 Å². The molecule has 1 aliphatic heterocycles. The second kappa shape index (κ2) is 4.22. The summed E-state index contributed by atoms with van der Waals surface area (Å²) in [4.78, 5) is 33.9. The maximum Gasteiger partial charge on any atom is 0.345 e. The van der Waals surface area contributed by atoms with Crippen LogP contribution in [0.2, 0.25) is 0 Å². The normalized spacial score (nSPS) is 33.7. The number of hydrogen-bond donors (Lipinski definition) is 0. The second-order valence-electron chi connectivity index (χ2n) is 4.76. The summed E-state index contributed by atoms with van der Waals surface area (Å²) in [7, 11) is 0. The molecule has 100 valence electrons. The molecule has 3 rings (SSSR count). The lowest BCUT2D eigenvalue weighted by Crippen LogP contribution is -2.33. The van der Waals surface area contributed by atoms with Gasteiger partial charge in [-0.15, -0.1) is 0 Å². The third kappa shape index (κ3) is 1.83. The van der Waals surface area contributed by atoms with Gasteiger partial charge in [-0.1, -0.05) is 12.7 Å². The summed E-state index contributed by atoms with van der Waals surface area (Å²) in [5, 5.41) is 0. The van der Waals surface area contributed by atoms with Crippen molar-refractivity contribution in [2.75, 3.05) is 6.61 Å². The predicted molar refractivity (Wildman–Crippen MR) is 60.6 cm³/mol. The molecule has 6 heteroatoms. The van der Waals surface area contributed by atoms with E-state index in [2.05, 4.69) is 11.3 Å². The van der Waals surface area contributed by atoms with Gasteiger partial charge < -0.3 is 14.2 Å². The minimum absolute atomic E-state index is 0.0935. The molecule has 2 bridgehead atoms. The van der Waals surface area contributed by atoms with Crippen LogP contribution in [-0.2, 0) is 28.6 Å². The first-order valence-corrected chi connectivity index (χ1v) is 6.00. The van der Waals surface area contributed by atoms with Crippen LogP contribution in [0, 0.1) is 11.8 Å². The van der Waals surface area contributed by atoms with Gasteiger partial charge in [0.15, 0.2) is 12.7 Å². The van der Waals surface area contributed by atoms with Crippen LogP contribution in [0.5, 0.6) is 0 Å². The monoisotopic (exact) mass is 264 g/mol. The summed E-state index contributed by atoms with van der Waals surface area (Å²) >= 11 is 0. The number of hydrogen-bond acceptors (Lipinski definition) is 6. The molecule has 0 amide bonds. The van der Waals surface area contributed by atoms with Crippen LogP contribution in [0.15, 0.2) is 24.3 Å². The van der Waals surface area contributed by atoms with Crippen molar-refractivity contribution in [2.45, 2.75) is 18.6 Å². The van der Waals surface area contributed by atoms with Crippen LogP contribution in [0.25, 0.3) is 0 Å². The van der Waals surface area contributed by atoms with Crippen molar-refractivity contribution in [3.05, 3.63) is 24.3 Å². The van der Waals surface area contributed by atoms with Gasteiger partial charge in [0.25, 0.3) is 0 Å². The first kappa shape index (κ1) is 12.0. The highest BCUT2D eigenvalue weighted by Crippen LogP contribution is 2.51. The van der Waals surface area contributed by atoms with Crippen LogP contribution in [0.4, 0.5) is 0 Å². The fraction of sp³-hybridized carbons (Fsp3) is 0.462. The maximum absolute atomic E-state index is 11.6. The number of carbonyl (C=O) groups is 3. The third-order valence-corrected chi connectivity index (χ3v) is 3.69. The average Bonchev–Trinajstić information content (AvgIpc) is 3.00. The Kier molecular flexibility index (Phi) is 2.66. The number of esters is 3. The molecular formula is C13H12O6. The molecule has 0 aromatic carbocycles. The summed E-state index contributed by atoms with van der Waals surface area (Å²) < 4.78 is 15.0. The Balaban J connectivity index is 1.60. The molecule has 0 aromatic heterocycles. The molecule has 2 aliphatic carbocycles. The molecular weight excluding hydrogens is 252 g/mol. The molecule has 4 unspecified atom stereocenters. The lowest BCUT2D eigenvalue weighted by molar-refractivity contribution is -0.164. The average molecular weight is 264 g/mol. The summed E-state index contributed by atoms with van der Waals surface area (Å²) in [6, 6.07) is 0. The highest BCUT2D eigenvalue weighted by atomic mass is 16.6. The van der Waals surface area contributed by atoms with Gasteiger partial charge in [-0.25, -0.2) is 9.59 Å². The molecule has 3 aliphatic rings. The molecule has 0 radical (unpaired) electrons. The largest absolute Gasteiger partial charge is 0.457 e. The number of rotatable bonds is 4. The Hall–Kier alpha value is -2.11. The maximum atomic E-state index is 11.6. The van der Waals surface area contributed by atoms with E-state index in [4.69, 9.17) is 9.47 Å². The van der Waals surface area contributed by atoms with Crippen LogP contribution >= 0.6 is 0 Å². The summed E-state index contributed by atoms with van der Waals surface area (Å²) in [6.45, 7) is 2.75. The Labute approximate surface area is 109 Å². The van der Waals surface area contributed by atoms with E-state index in [1.165, 1.54) is 0 Å². The van der Waals surface area contributed by atoms with Crippen molar-refractivity contribution in [3.63, 3.8) is 0 Å². The molecule has 4 atom stereocenters. The van der Waals surface area contributed by atoms with Gasteiger partial charge in [-0.3, -0.25) is 4.79 Å². The van der Waals surface area contributed by atoms with Crippen LogP contribution in [-0.4, -0.2) is 36.7 Å². The van der Waals surface area contributed by atoms with Gasteiger partial charge in [0.2, 0.25) is 0 Å². The SMILES string of the molecule is C=CC(=O)OCC(=O)OC1C2=CC3C(=O)OC1C3C2. The Morgan fingerprint density at radius 3 is 3.05 bits per heavy atom. The van der Waals surface area contributed by atoms with Crippen molar-refractivity contribution < 1.29 is 28.6 Å². The molecule has 19 heavy (non-hydrogen) atoms. The van der Waals surface area contributed by atoms with E-state index in [1.54, 1.807) is 0 Å². The highest BCUT2D eigenvalue weighted by molar-refractivity contribution is 5.84. The van der Waals surface area contributed by atoms with Gasteiger partial charge in [-0.2, -0.15) is 0 Å². The lowest BCUT2D eigenvalue weighted by atomic mass is 9.93. The van der Waals surface area contributed by atoms with Crippen LogP contribution in [0.1, 0.15) is 6.42 Å². The molecule has 0 N–H and O–H groups in total. The molecule has 6 nitrogen and oxygen atoms in total. The van der Waals surface area contributed by atoms with E-state index in [1.807, 2.05) is 6.08 Å². The fourth-order valence-electron chi connectivity index (χ4n) is 2.90. The number of carbonyl (C=O) groups excluding carboxylic acids is 3. The van der Waals surface area contributed by atoms with E-state index in [0.717, 1.165) is 18.1 Å².